The van der Waals surface area contributed by atoms with Crippen LogP contribution in [0.15, 0.2) is 28.8 Å². The first-order valence-corrected chi connectivity index (χ1v) is 6.67. The van der Waals surface area contributed by atoms with E-state index in [1.807, 2.05) is 26.0 Å². The fraction of sp³-hybridized carbons (Fsp3) is 0.467. The van der Waals surface area contributed by atoms with Gasteiger partial charge >= 0.3 is 0 Å². The van der Waals surface area contributed by atoms with Crippen molar-refractivity contribution in [2.75, 3.05) is 0 Å². The molecule has 0 aliphatic carbocycles. The summed E-state index contributed by atoms with van der Waals surface area (Å²) < 4.78 is 5.30. The summed E-state index contributed by atoms with van der Waals surface area (Å²) in [5.74, 6) is 1.59. The van der Waals surface area contributed by atoms with Crippen LogP contribution in [-0.4, -0.2) is 10.1 Å². The average Bonchev–Trinajstić information content (AvgIpc) is 2.89. The maximum atomic E-state index is 6.11. The quantitative estimate of drug-likeness (QED) is 0.913. The summed E-state index contributed by atoms with van der Waals surface area (Å²) in [7, 11) is 0. The van der Waals surface area contributed by atoms with E-state index in [4.69, 9.17) is 10.3 Å². The Morgan fingerprint density at radius 2 is 1.89 bits per heavy atom. The van der Waals surface area contributed by atoms with E-state index in [-0.39, 0.29) is 0 Å². The summed E-state index contributed by atoms with van der Waals surface area (Å²) >= 11 is 0. The number of hydrogen-bond acceptors (Lipinski definition) is 4. The van der Waals surface area contributed by atoms with Gasteiger partial charge in [0.2, 0.25) is 0 Å². The van der Waals surface area contributed by atoms with Crippen LogP contribution in [0.2, 0.25) is 0 Å². The first-order chi connectivity index (χ1) is 8.94. The minimum absolute atomic E-state index is 0.514. The minimum atomic E-state index is -0.542. The van der Waals surface area contributed by atoms with Crippen molar-refractivity contribution in [3.05, 3.63) is 35.7 Å². The Hall–Kier alpha value is -1.68. The van der Waals surface area contributed by atoms with E-state index in [1.165, 1.54) is 5.56 Å². The molecule has 2 N–H and O–H groups in total. The number of nitrogens with zero attached hydrogens (tertiary/aromatic N) is 2. The lowest BCUT2D eigenvalue weighted by Gasteiger charge is -2.16. The van der Waals surface area contributed by atoms with Crippen molar-refractivity contribution >= 4 is 0 Å². The van der Waals surface area contributed by atoms with Crippen molar-refractivity contribution in [3.8, 4) is 11.5 Å². The molecule has 2 rings (SSSR count). The molecule has 0 radical (unpaired) electrons. The molecule has 0 aliphatic heterocycles. The zero-order chi connectivity index (χ0) is 14.0. The molecular weight excluding hydrogens is 238 g/mol. The Morgan fingerprint density at radius 3 is 2.42 bits per heavy atom. The fourth-order valence-corrected chi connectivity index (χ4v) is 1.74. The van der Waals surface area contributed by atoms with Crippen LogP contribution in [0, 0.1) is 0 Å². The smallest absolute Gasteiger partial charge is 0.257 e. The van der Waals surface area contributed by atoms with Crippen LogP contribution in [0.1, 0.15) is 51.4 Å². The van der Waals surface area contributed by atoms with Gasteiger partial charge in [0, 0.05) is 5.56 Å². The molecule has 4 heteroatoms. The Labute approximate surface area is 114 Å². The van der Waals surface area contributed by atoms with Gasteiger partial charge in [-0.2, -0.15) is 4.98 Å². The lowest BCUT2D eigenvalue weighted by molar-refractivity contribution is 0.379. The van der Waals surface area contributed by atoms with E-state index in [2.05, 4.69) is 36.1 Å². The van der Waals surface area contributed by atoms with Crippen LogP contribution in [0.5, 0.6) is 0 Å². The number of nitrogens with two attached hydrogens (primary N) is 1. The van der Waals surface area contributed by atoms with Gasteiger partial charge in [-0.3, -0.25) is 0 Å². The third kappa shape index (κ3) is 2.84. The Balaban J connectivity index is 2.28. The van der Waals surface area contributed by atoms with Crippen LogP contribution >= 0.6 is 0 Å². The van der Waals surface area contributed by atoms with Gasteiger partial charge in [-0.1, -0.05) is 38.1 Å². The molecule has 0 fully saturated rings. The van der Waals surface area contributed by atoms with E-state index < -0.39 is 5.54 Å². The summed E-state index contributed by atoms with van der Waals surface area (Å²) in [6, 6.07) is 8.19. The molecule has 0 aliphatic rings. The standard InChI is InChI=1S/C15H21N3O/c1-5-15(4,16)14-17-13(19-18-14)12-8-6-11(7-9-12)10(2)3/h6-10H,5,16H2,1-4H3. The predicted octanol–water partition coefficient (Wildman–Crippen LogP) is 3.44. The minimum Gasteiger partial charge on any atom is -0.334 e. The second kappa shape index (κ2) is 5.13. The van der Waals surface area contributed by atoms with E-state index >= 15 is 0 Å². The van der Waals surface area contributed by atoms with E-state index in [9.17, 15) is 0 Å². The molecule has 0 bridgehead atoms. The van der Waals surface area contributed by atoms with E-state index in [1.54, 1.807) is 0 Å². The molecule has 102 valence electrons. The van der Waals surface area contributed by atoms with Crippen LogP contribution < -0.4 is 5.73 Å². The lowest BCUT2D eigenvalue weighted by Crippen LogP contribution is -2.33. The number of rotatable bonds is 4. The second-order valence-electron chi connectivity index (χ2n) is 5.47. The van der Waals surface area contributed by atoms with Crippen molar-refractivity contribution in [2.45, 2.75) is 45.6 Å². The molecule has 19 heavy (non-hydrogen) atoms. The summed E-state index contributed by atoms with van der Waals surface area (Å²) in [5.41, 5.74) is 7.78. The van der Waals surface area contributed by atoms with Crippen LogP contribution in [0.25, 0.3) is 11.5 Å². The van der Waals surface area contributed by atoms with Crippen molar-refractivity contribution in [1.82, 2.24) is 10.1 Å². The SMILES string of the molecule is CCC(C)(N)c1noc(-c2ccc(C(C)C)cc2)n1. The highest BCUT2D eigenvalue weighted by Crippen LogP contribution is 2.24. The molecule has 1 unspecified atom stereocenters. The number of aromatic nitrogens is 2. The molecule has 0 saturated heterocycles. The third-order valence-electron chi connectivity index (χ3n) is 3.50. The zero-order valence-electron chi connectivity index (χ0n) is 12.0. The molecule has 0 saturated carbocycles. The van der Waals surface area contributed by atoms with Gasteiger partial charge in [0.25, 0.3) is 5.89 Å². The highest BCUT2D eigenvalue weighted by Gasteiger charge is 2.25. The van der Waals surface area contributed by atoms with Crippen molar-refractivity contribution < 1.29 is 4.52 Å². The molecule has 2 aromatic rings. The van der Waals surface area contributed by atoms with Gasteiger partial charge in [-0.25, -0.2) is 0 Å². The molecule has 0 spiro atoms. The number of hydrogen-bond donors (Lipinski definition) is 1. The lowest BCUT2D eigenvalue weighted by atomic mass is 10.00. The number of benzene rings is 1. The van der Waals surface area contributed by atoms with Crippen molar-refractivity contribution in [2.24, 2.45) is 5.73 Å². The molecule has 0 amide bonds. The van der Waals surface area contributed by atoms with Crippen molar-refractivity contribution in [1.29, 1.82) is 0 Å². The maximum absolute atomic E-state index is 6.11. The Bertz CT molecular complexity index is 541. The van der Waals surface area contributed by atoms with Gasteiger partial charge in [0.1, 0.15) is 0 Å². The Morgan fingerprint density at radius 1 is 1.26 bits per heavy atom. The van der Waals surface area contributed by atoms with Gasteiger partial charge in [-0.05, 0) is 37.0 Å². The largest absolute Gasteiger partial charge is 0.334 e. The van der Waals surface area contributed by atoms with Gasteiger partial charge in [0.15, 0.2) is 5.82 Å². The molecule has 1 aromatic carbocycles. The van der Waals surface area contributed by atoms with Crippen molar-refractivity contribution in [3.63, 3.8) is 0 Å². The van der Waals surface area contributed by atoms with Crippen LogP contribution in [0.3, 0.4) is 0 Å². The summed E-state index contributed by atoms with van der Waals surface area (Å²) in [5, 5.41) is 3.98. The zero-order valence-corrected chi connectivity index (χ0v) is 12.0. The van der Waals surface area contributed by atoms with E-state index in [0.29, 0.717) is 17.6 Å². The first kappa shape index (κ1) is 13.7. The Kier molecular flexibility index (Phi) is 3.71. The summed E-state index contributed by atoms with van der Waals surface area (Å²) in [4.78, 5) is 4.39. The van der Waals surface area contributed by atoms with Gasteiger partial charge in [-0.15, -0.1) is 0 Å². The second-order valence-corrected chi connectivity index (χ2v) is 5.47. The topological polar surface area (TPSA) is 64.9 Å². The molecule has 1 heterocycles. The maximum Gasteiger partial charge on any atom is 0.257 e. The van der Waals surface area contributed by atoms with Crippen LogP contribution in [-0.2, 0) is 5.54 Å². The summed E-state index contributed by atoms with van der Waals surface area (Å²) in [6.45, 7) is 8.25. The van der Waals surface area contributed by atoms with Crippen LogP contribution in [0.4, 0.5) is 0 Å². The fourth-order valence-electron chi connectivity index (χ4n) is 1.74. The summed E-state index contributed by atoms with van der Waals surface area (Å²) in [6.07, 6.45) is 0.762. The third-order valence-corrected chi connectivity index (χ3v) is 3.50. The molecule has 1 aromatic heterocycles. The molecule has 1 atom stereocenters. The van der Waals surface area contributed by atoms with Gasteiger partial charge < -0.3 is 10.3 Å². The predicted molar refractivity (Wildman–Crippen MR) is 75.7 cm³/mol. The monoisotopic (exact) mass is 259 g/mol. The van der Waals surface area contributed by atoms with E-state index in [0.717, 1.165) is 12.0 Å². The first-order valence-electron chi connectivity index (χ1n) is 6.67. The normalized spacial score (nSPS) is 14.6. The molecular formula is C15H21N3O. The highest BCUT2D eigenvalue weighted by molar-refractivity contribution is 5.53. The molecule has 4 nitrogen and oxygen atoms in total. The highest BCUT2D eigenvalue weighted by atomic mass is 16.5. The van der Waals surface area contributed by atoms with Gasteiger partial charge in [0.05, 0.1) is 5.54 Å². The average molecular weight is 259 g/mol.